The first-order valence-corrected chi connectivity index (χ1v) is 8.08. The highest BCUT2D eigenvalue weighted by Crippen LogP contribution is 2.44. The number of hydrogen-bond donors (Lipinski definition) is 1. The fraction of sp³-hybridized carbons (Fsp3) is 0.611. The summed E-state index contributed by atoms with van der Waals surface area (Å²) in [5.74, 6) is 2.75. The summed E-state index contributed by atoms with van der Waals surface area (Å²) in [6.45, 7) is 2.04. The van der Waals surface area contributed by atoms with Crippen molar-refractivity contribution >= 4 is 5.91 Å². The van der Waals surface area contributed by atoms with E-state index in [1.807, 2.05) is 13.0 Å². The lowest BCUT2D eigenvalue weighted by atomic mass is 9.95. The van der Waals surface area contributed by atoms with E-state index in [9.17, 15) is 4.79 Å². The van der Waals surface area contributed by atoms with Crippen LogP contribution >= 0.6 is 0 Å². The highest BCUT2D eigenvalue weighted by atomic mass is 16.5. The minimum atomic E-state index is 0.209. The van der Waals surface area contributed by atoms with Crippen LogP contribution in [0.5, 0.6) is 5.75 Å². The Morgan fingerprint density at radius 3 is 2.81 bits per heavy atom. The van der Waals surface area contributed by atoms with Gasteiger partial charge in [-0.3, -0.25) is 4.79 Å². The summed E-state index contributed by atoms with van der Waals surface area (Å²) in [7, 11) is 1.69. The van der Waals surface area contributed by atoms with Gasteiger partial charge >= 0.3 is 0 Å². The molecule has 3 rings (SSSR count). The molecule has 0 saturated heterocycles. The van der Waals surface area contributed by atoms with Gasteiger partial charge in [-0.05, 0) is 61.6 Å². The largest absolute Gasteiger partial charge is 0.496 e. The Kier molecular flexibility index (Phi) is 4.18. The van der Waals surface area contributed by atoms with E-state index in [0.29, 0.717) is 12.5 Å². The predicted octanol–water partition coefficient (Wildman–Crippen LogP) is 3.24. The van der Waals surface area contributed by atoms with Gasteiger partial charge in [-0.2, -0.15) is 0 Å². The monoisotopic (exact) mass is 287 g/mol. The summed E-state index contributed by atoms with van der Waals surface area (Å²) in [5.41, 5.74) is 2.33. The van der Waals surface area contributed by atoms with Crippen molar-refractivity contribution in [3.8, 4) is 5.75 Å². The molecule has 0 aliphatic heterocycles. The van der Waals surface area contributed by atoms with Crippen molar-refractivity contribution in [3.05, 3.63) is 29.3 Å². The number of carbonyl (C=O) groups is 1. The van der Waals surface area contributed by atoms with Crippen LogP contribution in [0.1, 0.15) is 43.2 Å². The lowest BCUT2D eigenvalue weighted by Gasteiger charge is -2.22. The van der Waals surface area contributed by atoms with E-state index in [2.05, 4.69) is 17.4 Å². The van der Waals surface area contributed by atoms with E-state index >= 15 is 0 Å². The van der Waals surface area contributed by atoms with Crippen LogP contribution in [0.2, 0.25) is 0 Å². The summed E-state index contributed by atoms with van der Waals surface area (Å²) >= 11 is 0. The van der Waals surface area contributed by atoms with Gasteiger partial charge in [0.15, 0.2) is 0 Å². The molecule has 0 unspecified atom stereocenters. The van der Waals surface area contributed by atoms with Crippen LogP contribution in [0.25, 0.3) is 0 Å². The molecule has 0 spiro atoms. The third-order valence-electron chi connectivity index (χ3n) is 5.18. The van der Waals surface area contributed by atoms with Crippen molar-refractivity contribution in [2.24, 2.45) is 11.8 Å². The summed E-state index contributed by atoms with van der Waals surface area (Å²) in [4.78, 5) is 12.1. The van der Waals surface area contributed by atoms with Gasteiger partial charge < -0.3 is 10.1 Å². The number of amides is 1. The van der Waals surface area contributed by atoms with Gasteiger partial charge in [0.1, 0.15) is 5.75 Å². The van der Waals surface area contributed by atoms with E-state index in [-0.39, 0.29) is 5.91 Å². The van der Waals surface area contributed by atoms with E-state index in [4.69, 9.17) is 4.74 Å². The number of carbonyl (C=O) groups excluding carboxylic acids is 1. The van der Waals surface area contributed by atoms with Gasteiger partial charge in [0.05, 0.1) is 7.11 Å². The molecular weight excluding hydrogens is 262 g/mol. The molecule has 1 aromatic rings. The zero-order valence-electron chi connectivity index (χ0n) is 13.0. The van der Waals surface area contributed by atoms with Crippen LogP contribution in [0.15, 0.2) is 18.2 Å². The highest BCUT2D eigenvalue weighted by Gasteiger charge is 2.39. The Hall–Kier alpha value is -1.51. The molecule has 21 heavy (non-hydrogen) atoms. The van der Waals surface area contributed by atoms with Crippen molar-refractivity contribution in [2.45, 2.75) is 51.5 Å². The van der Waals surface area contributed by atoms with Crippen molar-refractivity contribution in [2.75, 3.05) is 7.11 Å². The molecule has 2 saturated carbocycles. The second-order valence-electron chi connectivity index (χ2n) is 6.65. The number of rotatable bonds is 5. The lowest BCUT2D eigenvalue weighted by Crippen LogP contribution is -2.38. The molecule has 3 atom stereocenters. The number of methoxy groups -OCH3 is 1. The minimum absolute atomic E-state index is 0.209. The van der Waals surface area contributed by atoms with Gasteiger partial charge in [0, 0.05) is 12.5 Å². The van der Waals surface area contributed by atoms with Gasteiger partial charge in [-0.25, -0.2) is 0 Å². The zero-order valence-corrected chi connectivity index (χ0v) is 13.0. The third-order valence-corrected chi connectivity index (χ3v) is 5.18. The topological polar surface area (TPSA) is 38.3 Å². The van der Waals surface area contributed by atoms with E-state index in [1.165, 1.54) is 31.2 Å². The van der Waals surface area contributed by atoms with Gasteiger partial charge in [0.2, 0.25) is 5.91 Å². The molecule has 0 aromatic heterocycles. The first-order chi connectivity index (χ1) is 10.2. The molecule has 2 bridgehead atoms. The van der Waals surface area contributed by atoms with Crippen molar-refractivity contribution in [1.82, 2.24) is 5.32 Å². The summed E-state index contributed by atoms with van der Waals surface area (Å²) < 4.78 is 5.26. The molecule has 3 heteroatoms. The first-order valence-electron chi connectivity index (χ1n) is 8.08. The molecule has 2 aliphatic carbocycles. The van der Waals surface area contributed by atoms with E-state index in [0.717, 1.165) is 29.6 Å². The number of hydrogen-bond acceptors (Lipinski definition) is 2. The average Bonchev–Trinajstić information content (AvgIpc) is 3.08. The van der Waals surface area contributed by atoms with Gasteiger partial charge in [-0.1, -0.05) is 18.6 Å². The van der Waals surface area contributed by atoms with Gasteiger partial charge in [0.25, 0.3) is 0 Å². The molecule has 0 heterocycles. The Bertz CT molecular complexity index is 526. The Balaban J connectivity index is 1.48. The van der Waals surface area contributed by atoms with Crippen molar-refractivity contribution in [1.29, 1.82) is 0 Å². The summed E-state index contributed by atoms with van der Waals surface area (Å²) in [5, 5.41) is 3.25. The second kappa shape index (κ2) is 6.08. The lowest BCUT2D eigenvalue weighted by molar-refractivity contribution is -0.122. The van der Waals surface area contributed by atoms with Crippen LogP contribution < -0.4 is 10.1 Å². The summed E-state index contributed by atoms with van der Waals surface area (Å²) in [6.07, 6.45) is 6.62. The molecule has 1 aromatic carbocycles. The minimum Gasteiger partial charge on any atom is -0.496 e. The van der Waals surface area contributed by atoms with E-state index < -0.39 is 0 Å². The molecule has 0 radical (unpaired) electrons. The van der Waals surface area contributed by atoms with Crippen LogP contribution in [0.3, 0.4) is 0 Å². The molecule has 1 amide bonds. The molecule has 114 valence electrons. The second-order valence-corrected chi connectivity index (χ2v) is 6.65. The number of aryl methyl sites for hydroxylation is 2. The molecule has 1 N–H and O–H groups in total. The molecule has 2 fully saturated rings. The zero-order chi connectivity index (χ0) is 14.8. The number of nitrogens with one attached hydrogen (secondary N) is 1. The van der Waals surface area contributed by atoms with Gasteiger partial charge in [-0.15, -0.1) is 0 Å². The Morgan fingerprint density at radius 1 is 1.33 bits per heavy atom. The maximum absolute atomic E-state index is 12.1. The van der Waals surface area contributed by atoms with Crippen LogP contribution in [-0.2, 0) is 11.2 Å². The number of fused-ring (bicyclic) bond motifs is 2. The predicted molar refractivity (Wildman–Crippen MR) is 83.4 cm³/mol. The normalized spacial score (nSPS) is 26.9. The number of benzene rings is 1. The van der Waals surface area contributed by atoms with Crippen LogP contribution in [0, 0.1) is 18.8 Å². The van der Waals surface area contributed by atoms with E-state index in [1.54, 1.807) is 7.11 Å². The fourth-order valence-corrected chi connectivity index (χ4v) is 4.05. The smallest absolute Gasteiger partial charge is 0.220 e. The molecule has 2 aliphatic rings. The maximum atomic E-state index is 12.1. The average molecular weight is 287 g/mol. The highest BCUT2D eigenvalue weighted by molar-refractivity contribution is 5.76. The van der Waals surface area contributed by atoms with Crippen LogP contribution in [0.4, 0.5) is 0 Å². The summed E-state index contributed by atoms with van der Waals surface area (Å²) in [6, 6.07) is 6.60. The fourth-order valence-electron chi connectivity index (χ4n) is 4.05. The molecular formula is C18H25NO2. The van der Waals surface area contributed by atoms with Crippen molar-refractivity contribution in [3.63, 3.8) is 0 Å². The standard InChI is InChI=1S/C18H25NO2/c1-12-9-13(4-7-17(12)21-2)5-8-18(20)19-16-11-14-3-6-15(16)10-14/h4,7,9,14-16H,3,5-6,8,10-11H2,1-2H3,(H,19,20)/t14-,15-,16+/m1/s1. The first kappa shape index (κ1) is 14.4. The SMILES string of the molecule is COc1ccc(CCC(=O)N[C@H]2C[C@@H]3CC[C@@H]2C3)cc1C. The third kappa shape index (κ3) is 3.22. The molecule has 3 nitrogen and oxygen atoms in total. The Labute approximate surface area is 127 Å². The quantitative estimate of drug-likeness (QED) is 0.903. The van der Waals surface area contributed by atoms with Crippen LogP contribution in [-0.4, -0.2) is 19.1 Å². The maximum Gasteiger partial charge on any atom is 0.220 e. The number of ether oxygens (including phenoxy) is 1. The Morgan fingerprint density at radius 2 is 2.19 bits per heavy atom. The van der Waals surface area contributed by atoms with Crippen molar-refractivity contribution < 1.29 is 9.53 Å².